The zero-order valence-electron chi connectivity index (χ0n) is 8.25. The summed E-state index contributed by atoms with van der Waals surface area (Å²) in [6.07, 6.45) is 0.551. The van der Waals surface area contributed by atoms with Gasteiger partial charge >= 0.3 is 5.97 Å². The normalized spacial score (nSPS) is 11.4. The summed E-state index contributed by atoms with van der Waals surface area (Å²) in [5.41, 5.74) is 0.342. The van der Waals surface area contributed by atoms with Crippen molar-refractivity contribution < 1.29 is 9.90 Å². The van der Waals surface area contributed by atoms with Crippen LogP contribution in [0.4, 0.5) is 0 Å². The fourth-order valence-corrected chi connectivity index (χ4v) is 1.45. The van der Waals surface area contributed by atoms with E-state index in [0.29, 0.717) is 6.42 Å². The van der Waals surface area contributed by atoms with Crippen LogP contribution in [-0.2, 0) is 11.2 Å². The van der Waals surface area contributed by atoms with E-state index in [-0.39, 0.29) is 0 Å². The van der Waals surface area contributed by atoms with Crippen molar-refractivity contribution >= 4 is 21.9 Å². The van der Waals surface area contributed by atoms with Gasteiger partial charge in [0.25, 0.3) is 0 Å². The zero-order valence-corrected chi connectivity index (χ0v) is 9.84. The monoisotopic (exact) mass is 256 g/mol. The van der Waals surface area contributed by atoms with E-state index in [1.165, 1.54) is 0 Å². The summed E-state index contributed by atoms with van der Waals surface area (Å²) >= 11 is 3.34. The molecule has 0 bridgehead atoms. The van der Waals surface area contributed by atoms with Crippen LogP contribution in [0.1, 0.15) is 19.4 Å². The highest BCUT2D eigenvalue weighted by atomic mass is 79.9. The molecule has 14 heavy (non-hydrogen) atoms. The summed E-state index contributed by atoms with van der Waals surface area (Å²) in [5.74, 6) is -0.764. The van der Waals surface area contributed by atoms with E-state index in [2.05, 4.69) is 15.9 Å². The second-order valence-corrected chi connectivity index (χ2v) is 4.91. The van der Waals surface area contributed by atoms with Crippen molar-refractivity contribution in [3.63, 3.8) is 0 Å². The molecule has 0 fully saturated rings. The van der Waals surface area contributed by atoms with Gasteiger partial charge in [0.15, 0.2) is 0 Å². The van der Waals surface area contributed by atoms with E-state index < -0.39 is 11.4 Å². The summed E-state index contributed by atoms with van der Waals surface area (Å²) in [7, 11) is 0. The standard InChI is InChI=1S/C11H13BrO2/c1-11(2,10(13)14)7-8-3-5-9(12)6-4-8/h3-6H,7H2,1-2H3,(H,13,14). The topological polar surface area (TPSA) is 37.3 Å². The molecule has 2 nitrogen and oxygen atoms in total. The number of hydrogen-bond acceptors (Lipinski definition) is 1. The van der Waals surface area contributed by atoms with Crippen LogP contribution in [0.2, 0.25) is 0 Å². The van der Waals surface area contributed by atoms with Crippen LogP contribution in [-0.4, -0.2) is 11.1 Å². The molecular formula is C11H13BrO2. The Morgan fingerprint density at radius 3 is 2.29 bits per heavy atom. The van der Waals surface area contributed by atoms with Crippen molar-refractivity contribution in [2.24, 2.45) is 5.41 Å². The van der Waals surface area contributed by atoms with Crippen LogP contribution in [0.3, 0.4) is 0 Å². The molecule has 1 aromatic rings. The Bertz CT molecular complexity index is 328. The summed E-state index contributed by atoms with van der Waals surface area (Å²) in [5, 5.41) is 8.95. The first-order chi connectivity index (χ1) is 6.42. The number of hydrogen-bond donors (Lipinski definition) is 1. The second kappa shape index (κ2) is 4.13. The van der Waals surface area contributed by atoms with Crippen LogP contribution in [0.5, 0.6) is 0 Å². The number of carboxylic acids is 1. The Labute approximate surface area is 92.1 Å². The lowest BCUT2D eigenvalue weighted by Gasteiger charge is -2.18. The minimum absolute atomic E-state index is 0.551. The first kappa shape index (κ1) is 11.2. The number of aliphatic carboxylic acids is 1. The average molecular weight is 257 g/mol. The smallest absolute Gasteiger partial charge is 0.309 e. The molecule has 0 aliphatic carbocycles. The molecule has 1 N–H and O–H groups in total. The van der Waals surface area contributed by atoms with Gasteiger partial charge in [-0.15, -0.1) is 0 Å². The molecule has 0 aliphatic heterocycles. The van der Waals surface area contributed by atoms with Gasteiger partial charge in [-0.2, -0.15) is 0 Å². The van der Waals surface area contributed by atoms with Gasteiger partial charge in [0.2, 0.25) is 0 Å². The predicted octanol–water partition coefficient (Wildman–Crippen LogP) is 3.10. The Morgan fingerprint density at radius 1 is 1.36 bits per heavy atom. The molecule has 0 radical (unpaired) electrons. The van der Waals surface area contributed by atoms with Crippen molar-refractivity contribution in [3.8, 4) is 0 Å². The summed E-state index contributed by atoms with van der Waals surface area (Å²) < 4.78 is 1.01. The fourth-order valence-electron chi connectivity index (χ4n) is 1.19. The van der Waals surface area contributed by atoms with Crippen molar-refractivity contribution in [1.29, 1.82) is 0 Å². The van der Waals surface area contributed by atoms with E-state index in [4.69, 9.17) is 5.11 Å². The Hall–Kier alpha value is -0.830. The lowest BCUT2D eigenvalue weighted by Crippen LogP contribution is -2.26. The molecule has 0 heterocycles. The SMILES string of the molecule is CC(C)(Cc1ccc(Br)cc1)C(=O)O. The molecule has 1 aromatic carbocycles. The van der Waals surface area contributed by atoms with Gasteiger partial charge < -0.3 is 5.11 Å². The molecule has 0 aromatic heterocycles. The maximum absolute atomic E-state index is 10.9. The highest BCUT2D eigenvalue weighted by molar-refractivity contribution is 9.10. The minimum Gasteiger partial charge on any atom is -0.481 e. The van der Waals surface area contributed by atoms with E-state index >= 15 is 0 Å². The zero-order chi connectivity index (χ0) is 10.8. The second-order valence-electron chi connectivity index (χ2n) is 3.99. The van der Waals surface area contributed by atoms with Crippen LogP contribution in [0.15, 0.2) is 28.7 Å². The molecular weight excluding hydrogens is 244 g/mol. The molecule has 0 saturated carbocycles. The highest BCUT2D eigenvalue weighted by Gasteiger charge is 2.27. The van der Waals surface area contributed by atoms with Gasteiger partial charge in [-0.05, 0) is 38.0 Å². The van der Waals surface area contributed by atoms with Crippen molar-refractivity contribution in [2.75, 3.05) is 0 Å². The summed E-state index contributed by atoms with van der Waals surface area (Å²) in [6, 6.07) is 7.73. The largest absolute Gasteiger partial charge is 0.481 e. The third-order valence-electron chi connectivity index (χ3n) is 2.14. The molecule has 0 atom stereocenters. The maximum atomic E-state index is 10.9. The van der Waals surface area contributed by atoms with Crippen molar-refractivity contribution in [1.82, 2.24) is 0 Å². The molecule has 76 valence electrons. The Balaban J connectivity index is 2.79. The third-order valence-corrected chi connectivity index (χ3v) is 2.67. The molecule has 0 spiro atoms. The first-order valence-corrected chi connectivity index (χ1v) is 5.19. The molecule has 1 rings (SSSR count). The molecule has 3 heteroatoms. The van der Waals surface area contributed by atoms with Gasteiger partial charge in [0.1, 0.15) is 0 Å². The lowest BCUT2D eigenvalue weighted by atomic mass is 9.86. The van der Waals surface area contributed by atoms with Crippen LogP contribution < -0.4 is 0 Å². The molecule has 0 unspecified atom stereocenters. The first-order valence-electron chi connectivity index (χ1n) is 4.40. The van der Waals surface area contributed by atoms with Gasteiger partial charge in [-0.3, -0.25) is 4.79 Å². The molecule has 0 saturated heterocycles. The summed E-state index contributed by atoms with van der Waals surface area (Å²) in [6.45, 7) is 3.47. The van der Waals surface area contributed by atoms with E-state index in [1.807, 2.05) is 24.3 Å². The Morgan fingerprint density at radius 2 is 1.86 bits per heavy atom. The quantitative estimate of drug-likeness (QED) is 0.903. The maximum Gasteiger partial charge on any atom is 0.309 e. The summed E-state index contributed by atoms with van der Waals surface area (Å²) in [4.78, 5) is 10.9. The molecule has 0 aliphatic rings. The van der Waals surface area contributed by atoms with E-state index in [9.17, 15) is 4.79 Å². The van der Waals surface area contributed by atoms with Gasteiger partial charge in [-0.1, -0.05) is 28.1 Å². The van der Waals surface area contributed by atoms with Gasteiger partial charge in [0, 0.05) is 4.47 Å². The average Bonchev–Trinajstić information content (AvgIpc) is 2.08. The van der Waals surface area contributed by atoms with Crippen LogP contribution >= 0.6 is 15.9 Å². The minimum atomic E-state index is -0.764. The fraction of sp³-hybridized carbons (Fsp3) is 0.364. The van der Waals surface area contributed by atoms with Crippen LogP contribution in [0, 0.1) is 5.41 Å². The number of rotatable bonds is 3. The van der Waals surface area contributed by atoms with E-state index in [1.54, 1.807) is 13.8 Å². The highest BCUT2D eigenvalue weighted by Crippen LogP contribution is 2.22. The number of carboxylic acid groups (broad SMARTS) is 1. The number of halogens is 1. The lowest BCUT2D eigenvalue weighted by molar-refractivity contribution is -0.146. The van der Waals surface area contributed by atoms with Crippen molar-refractivity contribution in [3.05, 3.63) is 34.3 Å². The Kier molecular flexibility index (Phi) is 3.32. The van der Waals surface area contributed by atoms with Crippen molar-refractivity contribution in [2.45, 2.75) is 20.3 Å². The number of carbonyl (C=O) groups is 1. The third kappa shape index (κ3) is 2.84. The van der Waals surface area contributed by atoms with E-state index in [0.717, 1.165) is 10.0 Å². The van der Waals surface area contributed by atoms with Crippen LogP contribution in [0.25, 0.3) is 0 Å². The number of benzene rings is 1. The molecule has 0 amide bonds. The van der Waals surface area contributed by atoms with Gasteiger partial charge in [0.05, 0.1) is 5.41 Å². The van der Waals surface area contributed by atoms with Gasteiger partial charge in [-0.25, -0.2) is 0 Å². The predicted molar refractivity (Wildman–Crippen MR) is 59.3 cm³/mol.